The average Bonchev–Trinajstić information content (AvgIpc) is 2.92. The Morgan fingerprint density at radius 2 is 2.26 bits per heavy atom. The van der Waals surface area contributed by atoms with Crippen molar-refractivity contribution in [2.45, 2.75) is 39.7 Å². The summed E-state index contributed by atoms with van der Waals surface area (Å²) in [4.78, 5) is 18.2. The van der Waals surface area contributed by atoms with Crippen molar-refractivity contribution >= 4 is 5.91 Å². The van der Waals surface area contributed by atoms with Crippen molar-refractivity contribution in [1.29, 1.82) is 0 Å². The molecule has 2 heterocycles. The van der Waals surface area contributed by atoms with Gasteiger partial charge < -0.3 is 10.6 Å². The number of aromatic nitrogens is 3. The molecule has 0 unspecified atom stereocenters. The largest absolute Gasteiger partial charge is 0.341 e. The van der Waals surface area contributed by atoms with Crippen molar-refractivity contribution < 1.29 is 4.79 Å². The predicted molar refractivity (Wildman–Crippen MR) is 72.3 cm³/mol. The molecule has 19 heavy (non-hydrogen) atoms. The van der Waals surface area contributed by atoms with Crippen molar-refractivity contribution in [3.8, 4) is 0 Å². The number of nitrogens with zero attached hydrogens (tertiary/aromatic N) is 3. The molecule has 0 aliphatic carbocycles. The van der Waals surface area contributed by atoms with E-state index in [1.807, 2.05) is 11.8 Å². The number of nitrogens with one attached hydrogen (secondary N) is 1. The van der Waals surface area contributed by atoms with Crippen molar-refractivity contribution in [2.75, 3.05) is 13.1 Å². The van der Waals surface area contributed by atoms with E-state index in [-0.39, 0.29) is 11.9 Å². The van der Waals surface area contributed by atoms with Crippen molar-refractivity contribution in [3.05, 3.63) is 11.6 Å². The lowest BCUT2D eigenvalue weighted by Gasteiger charge is -2.18. The van der Waals surface area contributed by atoms with Gasteiger partial charge in [0.25, 0.3) is 0 Å². The Morgan fingerprint density at radius 1 is 1.53 bits per heavy atom. The van der Waals surface area contributed by atoms with Gasteiger partial charge in [-0.25, -0.2) is 4.98 Å². The second-order valence-electron chi connectivity index (χ2n) is 5.71. The van der Waals surface area contributed by atoms with Crippen LogP contribution >= 0.6 is 0 Å². The molecule has 1 saturated heterocycles. The monoisotopic (exact) mass is 265 g/mol. The summed E-state index contributed by atoms with van der Waals surface area (Å²) in [7, 11) is 0. The molecular weight excluding hydrogens is 242 g/mol. The molecule has 1 fully saturated rings. The summed E-state index contributed by atoms with van der Waals surface area (Å²) in [6.07, 6.45) is 1.04. The summed E-state index contributed by atoms with van der Waals surface area (Å²) < 4.78 is 0. The van der Waals surface area contributed by atoms with Gasteiger partial charge in [0.15, 0.2) is 5.82 Å². The highest BCUT2D eigenvalue weighted by Crippen LogP contribution is 2.23. The Morgan fingerprint density at radius 3 is 2.79 bits per heavy atom. The number of hydrogen-bond acceptors (Lipinski definition) is 4. The van der Waals surface area contributed by atoms with Gasteiger partial charge in [0.05, 0.1) is 0 Å². The van der Waals surface area contributed by atoms with Crippen LogP contribution in [0.1, 0.15) is 31.9 Å². The van der Waals surface area contributed by atoms with Gasteiger partial charge in [0.1, 0.15) is 5.82 Å². The number of amides is 1. The topological polar surface area (TPSA) is 87.9 Å². The van der Waals surface area contributed by atoms with Crippen molar-refractivity contribution in [3.63, 3.8) is 0 Å². The normalized spacial score (nSPS) is 23.3. The van der Waals surface area contributed by atoms with E-state index in [4.69, 9.17) is 5.73 Å². The van der Waals surface area contributed by atoms with E-state index in [2.05, 4.69) is 29.0 Å². The highest BCUT2D eigenvalue weighted by atomic mass is 16.2. The third kappa shape index (κ3) is 3.32. The first-order valence-electron chi connectivity index (χ1n) is 6.88. The van der Waals surface area contributed by atoms with Crippen LogP contribution in [0.5, 0.6) is 0 Å². The Bertz CT molecular complexity index is 442. The molecule has 3 N–H and O–H groups in total. The lowest BCUT2D eigenvalue weighted by molar-refractivity contribution is -0.130. The minimum Gasteiger partial charge on any atom is -0.341 e. The van der Waals surface area contributed by atoms with Crippen molar-refractivity contribution in [2.24, 2.45) is 17.6 Å². The Labute approximate surface area is 113 Å². The summed E-state index contributed by atoms with van der Waals surface area (Å²) in [5.74, 6) is 2.57. The minimum absolute atomic E-state index is 0.106. The Hall–Kier alpha value is -1.43. The third-order valence-corrected chi connectivity index (χ3v) is 3.83. The molecule has 1 aliphatic rings. The number of rotatable bonds is 4. The number of carbonyl (C=O) groups is 1. The SMILES string of the molecule is Cc1nc(CCC(=O)N2C[C@@H](N)[C@H](C(C)C)C2)n[nH]1. The first-order valence-corrected chi connectivity index (χ1v) is 6.88. The quantitative estimate of drug-likeness (QED) is 0.829. The van der Waals surface area contributed by atoms with Gasteiger partial charge in [-0.15, -0.1) is 0 Å². The van der Waals surface area contributed by atoms with E-state index in [9.17, 15) is 4.79 Å². The zero-order chi connectivity index (χ0) is 14.0. The summed E-state index contributed by atoms with van der Waals surface area (Å²) in [5.41, 5.74) is 6.10. The second kappa shape index (κ2) is 5.69. The smallest absolute Gasteiger partial charge is 0.223 e. The average molecular weight is 265 g/mol. The molecule has 1 aromatic heterocycles. The standard InChI is InChI=1S/C13H23N5O/c1-8(2)10-6-18(7-11(10)14)13(19)5-4-12-15-9(3)16-17-12/h8,10-11H,4-7,14H2,1-3H3,(H,15,16,17)/t10-,11+/m0/s1. The number of likely N-dealkylation sites (tertiary alicyclic amines) is 1. The molecule has 1 amide bonds. The molecule has 1 aliphatic heterocycles. The van der Waals surface area contributed by atoms with Crippen LogP contribution in [-0.4, -0.2) is 45.1 Å². The van der Waals surface area contributed by atoms with Crippen molar-refractivity contribution in [1.82, 2.24) is 20.1 Å². The van der Waals surface area contributed by atoms with Crippen LogP contribution in [0.4, 0.5) is 0 Å². The zero-order valence-corrected chi connectivity index (χ0v) is 11.9. The third-order valence-electron chi connectivity index (χ3n) is 3.83. The molecule has 2 atom stereocenters. The second-order valence-corrected chi connectivity index (χ2v) is 5.71. The number of aromatic amines is 1. The van der Waals surface area contributed by atoms with Gasteiger partial charge in [-0.05, 0) is 18.8 Å². The van der Waals surface area contributed by atoms with E-state index in [0.29, 0.717) is 37.0 Å². The molecule has 6 nitrogen and oxygen atoms in total. The zero-order valence-electron chi connectivity index (χ0n) is 11.9. The minimum atomic E-state index is 0.106. The molecule has 106 valence electrons. The summed E-state index contributed by atoms with van der Waals surface area (Å²) in [6, 6.07) is 0.106. The summed E-state index contributed by atoms with van der Waals surface area (Å²) in [5, 5.41) is 6.83. The maximum atomic E-state index is 12.1. The van der Waals surface area contributed by atoms with Gasteiger partial charge in [-0.3, -0.25) is 9.89 Å². The fourth-order valence-corrected chi connectivity index (χ4v) is 2.64. The predicted octanol–water partition coefficient (Wildman–Crippen LogP) is 0.487. The van der Waals surface area contributed by atoms with Gasteiger partial charge >= 0.3 is 0 Å². The molecule has 0 aromatic carbocycles. The first kappa shape index (κ1) is 14.0. The van der Waals surface area contributed by atoms with E-state index >= 15 is 0 Å². The fourth-order valence-electron chi connectivity index (χ4n) is 2.64. The lowest BCUT2D eigenvalue weighted by atomic mass is 9.92. The van der Waals surface area contributed by atoms with E-state index in [1.54, 1.807) is 0 Å². The molecular formula is C13H23N5O. The van der Waals surface area contributed by atoms with Crippen LogP contribution in [0.25, 0.3) is 0 Å². The number of nitrogens with two attached hydrogens (primary N) is 1. The van der Waals surface area contributed by atoms with Crippen LogP contribution < -0.4 is 5.73 Å². The fraction of sp³-hybridized carbons (Fsp3) is 0.769. The van der Waals surface area contributed by atoms with Crippen LogP contribution in [0, 0.1) is 18.8 Å². The van der Waals surface area contributed by atoms with E-state index in [0.717, 1.165) is 12.4 Å². The molecule has 1 aromatic rings. The van der Waals surface area contributed by atoms with Gasteiger partial charge in [0, 0.05) is 32.0 Å². The molecule has 0 bridgehead atoms. The van der Waals surface area contributed by atoms with E-state index in [1.165, 1.54) is 0 Å². The highest BCUT2D eigenvalue weighted by Gasteiger charge is 2.34. The first-order chi connectivity index (χ1) is 8.97. The van der Waals surface area contributed by atoms with Gasteiger partial charge in [0.2, 0.25) is 5.91 Å². The molecule has 0 radical (unpaired) electrons. The van der Waals surface area contributed by atoms with Crippen LogP contribution in [0.15, 0.2) is 0 Å². The van der Waals surface area contributed by atoms with Crippen LogP contribution in [0.3, 0.4) is 0 Å². The molecule has 0 saturated carbocycles. The number of H-pyrrole nitrogens is 1. The van der Waals surface area contributed by atoms with Crippen LogP contribution in [-0.2, 0) is 11.2 Å². The Balaban J connectivity index is 1.84. The summed E-state index contributed by atoms with van der Waals surface area (Å²) in [6.45, 7) is 7.63. The molecule has 6 heteroatoms. The molecule has 0 spiro atoms. The highest BCUT2D eigenvalue weighted by molar-refractivity contribution is 5.76. The molecule has 2 rings (SSSR count). The number of aryl methyl sites for hydroxylation is 2. The maximum absolute atomic E-state index is 12.1. The number of hydrogen-bond donors (Lipinski definition) is 2. The van der Waals surface area contributed by atoms with Gasteiger partial charge in [-0.1, -0.05) is 13.8 Å². The maximum Gasteiger partial charge on any atom is 0.223 e. The Kier molecular flexibility index (Phi) is 4.19. The summed E-state index contributed by atoms with van der Waals surface area (Å²) >= 11 is 0. The van der Waals surface area contributed by atoms with E-state index < -0.39 is 0 Å². The van der Waals surface area contributed by atoms with Crippen LogP contribution in [0.2, 0.25) is 0 Å². The number of carbonyl (C=O) groups excluding carboxylic acids is 1. The van der Waals surface area contributed by atoms with Gasteiger partial charge in [-0.2, -0.15) is 5.10 Å². The lowest BCUT2D eigenvalue weighted by Crippen LogP contribution is -2.33.